The van der Waals surface area contributed by atoms with Gasteiger partial charge in [0.1, 0.15) is 6.61 Å². The molecule has 28 heavy (non-hydrogen) atoms. The molecule has 0 saturated carbocycles. The highest BCUT2D eigenvalue weighted by Crippen LogP contribution is 2.25. The number of hydrogen-bond acceptors (Lipinski definition) is 5. The highest BCUT2D eigenvalue weighted by Gasteiger charge is 2.22. The molecule has 2 aromatic rings. The van der Waals surface area contributed by atoms with Crippen molar-refractivity contribution < 1.29 is 14.5 Å². The fourth-order valence-corrected chi connectivity index (χ4v) is 3.35. The number of amides is 1. The van der Waals surface area contributed by atoms with E-state index in [1.165, 1.54) is 6.07 Å². The molecule has 1 saturated heterocycles. The molecule has 1 fully saturated rings. The first-order chi connectivity index (χ1) is 13.5. The summed E-state index contributed by atoms with van der Waals surface area (Å²) in [5, 5.41) is 11.6. The van der Waals surface area contributed by atoms with Crippen molar-refractivity contribution in [3.05, 3.63) is 69.2 Å². The van der Waals surface area contributed by atoms with E-state index >= 15 is 0 Å². The molecule has 0 radical (unpaired) electrons. The molecule has 7 nitrogen and oxygen atoms in total. The minimum atomic E-state index is -0.446. The molecule has 0 aliphatic carbocycles. The van der Waals surface area contributed by atoms with Crippen molar-refractivity contribution in [3.8, 4) is 5.75 Å². The number of nitro groups is 1. The van der Waals surface area contributed by atoms with Gasteiger partial charge in [0.25, 0.3) is 0 Å². The van der Waals surface area contributed by atoms with Crippen molar-refractivity contribution in [1.82, 2.24) is 9.80 Å². The van der Waals surface area contributed by atoms with E-state index in [9.17, 15) is 14.9 Å². The van der Waals surface area contributed by atoms with Gasteiger partial charge in [-0.25, -0.2) is 0 Å². The highest BCUT2D eigenvalue weighted by atomic mass is 35.5. The van der Waals surface area contributed by atoms with Crippen molar-refractivity contribution in [1.29, 1.82) is 0 Å². The topological polar surface area (TPSA) is 75.9 Å². The maximum Gasteiger partial charge on any atom is 0.310 e. The van der Waals surface area contributed by atoms with Crippen LogP contribution >= 0.6 is 11.6 Å². The van der Waals surface area contributed by atoms with E-state index in [0.29, 0.717) is 37.7 Å². The summed E-state index contributed by atoms with van der Waals surface area (Å²) in [6.45, 7) is 3.80. The van der Waals surface area contributed by atoms with Gasteiger partial charge in [-0.2, -0.15) is 0 Å². The molecule has 0 aromatic heterocycles. The van der Waals surface area contributed by atoms with Gasteiger partial charge >= 0.3 is 5.69 Å². The summed E-state index contributed by atoms with van der Waals surface area (Å²) in [4.78, 5) is 27.1. The molecule has 2 aromatic carbocycles. The Morgan fingerprint density at radius 1 is 1.07 bits per heavy atom. The van der Waals surface area contributed by atoms with Crippen LogP contribution in [-0.4, -0.2) is 60.0 Å². The molecule has 1 aliphatic heterocycles. The maximum atomic E-state index is 12.5. The molecule has 1 aliphatic rings. The average molecular weight is 404 g/mol. The van der Waals surface area contributed by atoms with Crippen LogP contribution in [0.4, 0.5) is 5.69 Å². The molecule has 0 atom stereocenters. The van der Waals surface area contributed by atoms with Crippen molar-refractivity contribution in [2.24, 2.45) is 0 Å². The van der Waals surface area contributed by atoms with Crippen LogP contribution in [0, 0.1) is 10.1 Å². The molecule has 3 rings (SSSR count). The van der Waals surface area contributed by atoms with Crippen LogP contribution in [0.1, 0.15) is 5.56 Å². The normalized spacial score (nSPS) is 14.7. The predicted molar refractivity (Wildman–Crippen MR) is 107 cm³/mol. The minimum absolute atomic E-state index is 0.0301. The summed E-state index contributed by atoms with van der Waals surface area (Å²) in [5.74, 6) is 0.352. The van der Waals surface area contributed by atoms with Crippen LogP contribution < -0.4 is 4.74 Å². The van der Waals surface area contributed by atoms with Crippen molar-refractivity contribution in [3.63, 3.8) is 0 Å². The van der Waals surface area contributed by atoms with E-state index in [1.807, 2.05) is 23.1 Å². The molecular formula is C20H22ClN3O4. The number of carbonyl (C=O) groups is 1. The maximum absolute atomic E-state index is 12.5. The lowest BCUT2D eigenvalue weighted by Crippen LogP contribution is -2.50. The monoisotopic (exact) mass is 403 g/mol. The summed E-state index contributed by atoms with van der Waals surface area (Å²) in [6.07, 6.45) is 0.306. The second kappa shape index (κ2) is 9.52. The first kappa shape index (κ1) is 20.1. The number of halogens is 1. The van der Waals surface area contributed by atoms with Gasteiger partial charge in [-0.15, -0.1) is 0 Å². The molecule has 0 spiro atoms. The Labute approximate surface area is 168 Å². The van der Waals surface area contributed by atoms with Gasteiger partial charge < -0.3 is 9.64 Å². The number of rotatable bonds is 7. The average Bonchev–Trinajstić information content (AvgIpc) is 2.70. The summed E-state index contributed by atoms with van der Waals surface area (Å²) in [6, 6.07) is 13.7. The number of nitro benzene ring substituents is 1. The summed E-state index contributed by atoms with van der Waals surface area (Å²) in [7, 11) is 0. The lowest BCUT2D eigenvalue weighted by molar-refractivity contribution is -0.385. The SMILES string of the molecule is O=C(Cc1ccccc1Cl)N1CCN(CCOc2ccccc2[N+](=O)[O-])CC1. The van der Waals surface area contributed by atoms with E-state index < -0.39 is 4.92 Å². The second-order valence-electron chi connectivity index (χ2n) is 6.56. The number of carbonyl (C=O) groups excluding carboxylic acids is 1. The number of nitrogens with zero attached hydrogens (tertiary/aromatic N) is 3. The van der Waals surface area contributed by atoms with Crippen LogP contribution in [-0.2, 0) is 11.2 Å². The minimum Gasteiger partial charge on any atom is -0.485 e. The van der Waals surface area contributed by atoms with Crippen LogP contribution in [0.5, 0.6) is 5.75 Å². The lowest BCUT2D eigenvalue weighted by atomic mass is 10.1. The van der Waals surface area contributed by atoms with Crippen LogP contribution in [0.3, 0.4) is 0 Å². The summed E-state index contributed by atoms with van der Waals surface area (Å²) < 4.78 is 5.59. The standard InChI is InChI=1S/C20H22ClN3O4/c21-17-6-2-1-5-16(17)15-20(25)23-11-9-22(10-12-23)13-14-28-19-8-4-3-7-18(19)24(26)27/h1-8H,9-15H2. The smallest absolute Gasteiger partial charge is 0.310 e. The van der Waals surface area contributed by atoms with Gasteiger partial charge in [-0.05, 0) is 17.7 Å². The van der Waals surface area contributed by atoms with E-state index in [0.717, 1.165) is 18.7 Å². The molecule has 0 unspecified atom stereocenters. The molecular weight excluding hydrogens is 382 g/mol. The molecule has 0 bridgehead atoms. The molecule has 1 heterocycles. The van der Waals surface area contributed by atoms with Gasteiger partial charge in [-0.1, -0.05) is 41.9 Å². The van der Waals surface area contributed by atoms with Gasteiger partial charge in [0, 0.05) is 43.8 Å². The molecule has 0 N–H and O–H groups in total. The highest BCUT2D eigenvalue weighted by molar-refractivity contribution is 6.31. The summed E-state index contributed by atoms with van der Waals surface area (Å²) in [5.41, 5.74) is 0.812. The number of ether oxygens (including phenoxy) is 1. The van der Waals surface area contributed by atoms with Crippen molar-refractivity contribution in [2.45, 2.75) is 6.42 Å². The van der Waals surface area contributed by atoms with Gasteiger partial charge in [-0.3, -0.25) is 19.8 Å². The molecule has 8 heteroatoms. The van der Waals surface area contributed by atoms with E-state index in [1.54, 1.807) is 24.3 Å². The zero-order chi connectivity index (χ0) is 19.9. The Balaban J connectivity index is 1.43. The Kier molecular flexibility index (Phi) is 6.84. The van der Waals surface area contributed by atoms with Crippen LogP contribution in [0.25, 0.3) is 0 Å². The largest absolute Gasteiger partial charge is 0.485 e. The number of benzene rings is 2. The number of para-hydroxylation sites is 2. The fourth-order valence-electron chi connectivity index (χ4n) is 3.15. The second-order valence-corrected chi connectivity index (χ2v) is 6.97. The number of piperazine rings is 1. The molecule has 1 amide bonds. The van der Waals surface area contributed by atoms with Crippen LogP contribution in [0.2, 0.25) is 5.02 Å². The van der Waals surface area contributed by atoms with Gasteiger partial charge in [0.15, 0.2) is 5.75 Å². The first-order valence-corrected chi connectivity index (χ1v) is 9.52. The van der Waals surface area contributed by atoms with Gasteiger partial charge in [0.2, 0.25) is 5.91 Å². The number of hydrogen-bond donors (Lipinski definition) is 0. The Hall–Kier alpha value is -2.64. The third-order valence-electron chi connectivity index (χ3n) is 4.75. The summed E-state index contributed by atoms with van der Waals surface area (Å²) >= 11 is 6.13. The molecule has 148 valence electrons. The zero-order valence-corrected chi connectivity index (χ0v) is 16.2. The quantitative estimate of drug-likeness (QED) is 0.524. The lowest BCUT2D eigenvalue weighted by Gasteiger charge is -2.34. The van der Waals surface area contributed by atoms with Crippen molar-refractivity contribution >= 4 is 23.2 Å². The Morgan fingerprint density at radius 3 is 2.46 bits per heavy atom. The van der Waals surface area contributed by atoms with E-state index in [4.69, 9.17) is 16.3 Å². The zero-order valence-electron chi connectivity index (χ0n) is 15.4. The Morgan fingerprint density at radius 2 is 1.75 bits per heavy atom. The van der Waals surface area contributed by atoms with E-state index in [2.05, 4.69) is 4.90 Å². The third-order valence-corrected chi connectivity index (χ3v) is 5.12. The Bertz CT molecular complexity index is 838. The fraction of sp³-hybridized carbons (Fsp3) is 0.350. The predicted octanol–water partition coefficient (Wildman–Crippen LogP) is 3.01. The third kappa shape index (κ3) is 5.21. The van der Waals surface area contributed by atoms with Gasteiger partial charge in [0.05, 0.1) is 11.3 Å². The van der Waals surface area contributed by atoms with Crippen molar-refractivity contribution in [2.75, 3.05) is 39.3 Å². The van der Waals surface area contributed by atoms with Crippen LogP contribution in [0.15, 0.2) is 48.5 Å². The van der Waals surface area contributed by atoms with E-state index in [-0.39, 0.29) is 17.3 Å². The first-order valence-electron chi connectivity index (χ1n) is 9.14.